The lowest BCUT2D eigenvalue weighted by Gasteiger charge is -2.19. The van der Waals surface area contributed by atoms with Crippen molar-refractivity contribution in [2.24, 2.45) is 5.92 Å². The highest BCUT2D eigenvalue weighted by molar-refractivity contribution is 6.33. The fourth-order valence-corrected chi connectivity index (χ4v) is 2.84. The van der Waals surface area contributed by atoms with Crippen molar-refractivity contribution < 1.29 is 5.11 Å². The molecule has 2 atom stereocenters. The molecule has 5 nitrogen and oxygen atoms in total. The molecule has 6 heteroatoms. The summed E-state index contributed by atoms with van der Waals surface area (Å²) in [5, 5.41) is 9.75. The van der Waals surface area contributed by atoms with Gasteiger partial charge in [0.25, 0.3) is 0 Å². The minimum Gasteiger partial charge on any atom is -0.396 e. The molecule has 2 aromatic rings. The number of aromatic nitrogens is 4. The number of nitrogens with zero attached hydrogens (tertiary/aromatic N) is 4. The third-order valence-electron chi connectivity index (χ3n) is 3.52. The van der Waals surface area contributed by atoms with Crippen LogP contribution in [0.4, 0.5) is 0 Å². The first kappa shape index (κ1) is 10.9. The van der Waals surface area contributed by atoms with Crippen LogP contribution in [-0.4, -0.2) is 31.2 Å². The summed E-state index contributed by atoms with van der Waals surface area (Å²) in [6, 6.07) is 0.274. The highest BCUT2D eigenvalue weighted by Gasteiger charge is 2.29. The average molecular weight is 253 g/mol. The van der Waals surface area contributed by atoms with Crippen molar-refractivity contribution in [2.45, 2.75) is 25.3 Å². The standard InChI is InChI=1S/C11H13ClN4O/c12-10-9-11(14-5-13-10)16(6-15-9)8-3-1-2-7(8)4-17/h5-8,17H,1-4H2/t7-,8-/m0/s1. The van der Waals surface area contributed by atoms with Crippen LogP contribution in [-0.2, 0) is 0 Å². The smallest absolute Gasteiger partial charge is 0.165 e. The van der Waals surface area contributed by atoms with Crippen molar-refractivity contribution in [2.75, 3.05) is 6.61 Å². The highest BCUT2D eigenvalue weighted by atomic mass is 35.5. The number of fused-ring (bicyclic) bond motifs is 1. The molecule has 3 rings (SSSR count). The summed E-state index contributed by atoms with van der Waals surface area (Å²) in [5.41, 5.74) is 1.40. The molecule has 1 fully saturated rings. The van der Waals surface area contributed by atoms with Gasteiger partial charge in [-0.05, 0) is 12.8 Å². The van der Waals surface area contributed by atoms with Crippen molar-refractivity contribution >= 4 is 22.8 Å². The first-order chi connectivity index (χ1) is 8.31. The summed E-state index contributed by atoms with van der Waals surface area (Å²) < 4.78 is 2.02. The Bertz CT molecular complexity index is 541. The quantitative estimate of drug-likeness (QED) is 0.828. The first-order valence-electron chi connectivity index (χ1n) is 5.75. The molecule has 17 heavy (non-hydrogen) atoms. The number of rotatable bonds is 2. The maximum Gasteiger partial charge on any atom is 0.165 e. The van der Waals surface area contributed by atoms with E-state index in [1.807, 2.05) is 4.57 Å². The fraction of sp³-hybridized carbons (Fsp3) is 0.545. The summed E-state index contributed by atoms with van der Waals surface area (Å²) >= 11 is 5.97. The zero-order valence-electron chi connectivity index (χ0n) is 9.25. The Kier molecular flexibility index (Phi) is 2.72. The van der Waals surface area contributed by atoms with E-state index in [-0.39, 0.29) is 12.6 Å². The minimum atomic E-state index is 0.211. The lowest BCUT2D eigenvalue weighted by Crippen LogP contribution is -2.16. The Morgan fingerprint density at radius 1 is 1.35 bits per heavy atom. The van der Waals surface area contributed by atoms with Crippen LogP contribution in [0.3, 0.4) is 0 Å². The Morgan fingerprint density at radius 3 is 3.06 bits per heavy atom. The molecule has 90 valence electrons. The summed E-state index contributed by atoms with van der Waals surface area (Å²) in [4.78, 5) is 12.4. The number of aliphatic hydroxyl groups is 1. The van der Waals surface area contributed by atoms with Gasteiger partial charge in [0.05, 0.1) is 6.33 Å². The topological polar surface area (TPSA) is 63.8 Å². The van der Waals surface area contributed by atoms with Crippen molar-refractivity contribution in [1.29, 1.82) is 0 Å². The SMILES string of the molecule is OC[C@@H]1CCC[C@@H]1n1cnc2c(Cl)ncnc21. The molecule has 0 unspecified atom stereocenters. The molecule has 0 bridgehead atoms. The van der Waals surface area contributed by atoms with E-state index in [2.05, 4.69) is 15.0 Å². The normalized spacial score (nSPS) is 24.6. The van der Waals surface area contributed by atoms with E-state index in [0.29, 0.717) is 16.6 Å². The molecule has 1 aliphatic rings. The Labute approximate surface area is 103 Å². The molecular formula is C11H13ClN4O. The van der Waals surface area contributed by atoms with Gasteiger partial charge in [0.1, 0.15) is 11.8 Å². The lowest BCUT2D eigenvalue weighted by molar-refractivity contribution is 0.197. The molecule has 1 N–H and O–H groups in total. The van der Waals surface area contributed by atoms with Crippen molar-refractivity contribution in [1.82, 2.24) is 19.5 Å². The summed E-state index contributed by atoms with van der Waals surface area (Å²) in [5.74, 6) is 0.293. The second kappa shape index (κ2) is 4.23. The van der Waals surface area contributed by atoms with E-state index in [1.165, 1.54) is 6.33 Å². The van der Waals surface area contributed by atoms with Crippen LogP contribution in [0.5, 0.6) is 0 Å². The molecule has 1 saturated carbocycles. The number of aliphatic hydroxyl groups excluding tert-OH is 1. The molecule has 0 amide bonds. The molecular weight excluding hydrogens is 240 g/mol. The predicted octanol–water partition coefficient (Wildman–Crippen LogP) is 1.81. The van der Waals surface area contributed by atoms with E-state index in [4.69, 9.17) is 11.6 Å². The van der Waals surface area contributed by atoms with E-state index >= 15 is 0 Å². The average Bonchev–Trinajstić information content (AvgIpc) is 2.94. The van der Waals surface area contributed by atoms with Crippen molar-refractivity contribution in [3.05, 3.63) is 17.8 Å². The summed E-state index contributed by atoms with van der Waals surface area (Å²) in [6.07, 6.45) is 6.45. The Balaban J connectivity index is 2.09. The molecule has 0 aliphatic heterocycles. The largest absolute Gasteiger partial charge is 0.396 e. The summed E-state index contributed by atoms with van der Waals surface area (Å²) in [7, 11) is 0. The van der Waals surface area contributed by atoms with Crippen molar-refractivity contribution in [3.63, 3.8) is 0 Å². The van der Waals surface area contributed by atoms with Crippen LogP contribution in [0, 0.1) is 5.92 Å². The van der Waals surface area contributed by atoms with Crippen LogP contribution in [0.25, 0.3) is 11.2 Å². The van der Waals surface area contributed by atoms with Gasteiger partial charge in [-0.15, -0.1) is 0 Å². The zero-order chi connectivity index (χ0) is 11.8. The van der Waals surface area contributed by atoms with Gasteiger partial charge in [0.15, 0.2) is 10.8 Å². The molecule has 0 spiro atoms. The van der Waals surface area contributed by atoms with Crippen LogP contribution >= 0.6 is 11.6 Å². The third kappa shape index (κ3) is 1.70. The fourth-order valence-electron chi connectivity index (χ4n) is 2.66. The second-order valence-electron chi connectivity index (χ2n) is 4.43. The highest BCUT2D eigenvalue weighted by Crippen LogP contribution is 2.37. The van der Waals surface area contributed by atoms with Gasteiger partial charge in [0, 0.05) is 18.6 Å². The predicted molar refractivity (Wildman–Crippen MR) is 63.8 cm³/mol. The zero-order valence-corrected chi connectivity index (χ0v) is 10.0. The van der Waals surface area contributed by atoms with E-state index < -0.39 is 0 Å². The monoisotopic (exact) mass is 252 g/mol. The second-order valence-corrected chi connectivity index (χ2v) is 4.79. The lowest BCUT2D eigenvalue weighted by atomic mass is 10.1. The number of hydrogen-bond donors (Lipinski definition) is 1. The first-order valence-corrected chi connectivity index (χ1v) is 6.13. The molecule has 0 aromatic carbocycles. The molecule has 0 radical (unpaired) electrons. The van der Waals surface area contributed by atoms with Gasteiger partial charge < -0.3 is 9.67 Å². The molecule has 0 saturated heterocycles. The Hall–Kier alpha value is -1.20. The van der Waals surface area contributed by atoms with E-state index in [1.54, 1.807) is 6.33 Å². The van der Waals surface area contributed by atoms with Crippen LogP contribution in [0.2, 0.25) is 5.15 Å². The van der Waals surface area contributed by atoms with Gasteiger partial charge in [0.2, 0.25) is 0 Å². The van der Waals surface area contributed by atoms with Crippen molar-refractivity contribution in [3.8, 4) is 0 Å². The van der Waals surface area contributed by atoms with Gasteiger partial charge >= 0.3 is 0 Å². The number of halogens is 1. The minimum absolute atomic E-state index is 0.211. The number of imidazole rings is 1. The van der Waals surface area contributed by atoms with E-state index in [9.17, 15) is 5.11 Å². The summed E-state index contributed by atoms with van der Waals surface area (Å²) in [6.45, 7) is 0.211. The van der Waals surface area contributed by atoms with Crippen LogP contribution < -0.4 is 0 Å². The molecule has 1 aliphatic carbocycles. The van der Waals surface area contributed by atoms with E-state index in [0.717, 1.165) is 24.9 Å². The van der Waals surface area contributed by atoms with Crippen LogP contribution in [0.15, 0.2) is 12.7 Å². The van der Waals surface area contributed by atoms with Gasteiger partial charge in [-0.3, -0.25) is 0 Å². The Morgan fingerprint density at radius 2 is 2.24 bits per heavy atom. The maximum atomic E-state index is 9.37. The number of hydrogen-bond acceptors (Lipinski definition) is 4. The third-order valence-corrected chi connectivity index (χ3v) is 3.80. The van der Waals surface area contributed by atoms with Gasteiger partial charge in [-0.2, -0.15) is 0 Å². The molecule has 2 heterocycles. The van der Waals surface area contributed by atoms with Crippen LogP contribution in [0.1, 0.15) is 25.3 Å². The van der Waals surface area contributed by atoms with Gasteiger partial charge in [-0.25, -0.2) is 15.0 Å². The maximum absolute atomic E-state index is 9.37. The van der Waals surface area contributed by atoms with Gasteiger partial charge in [-0.1, -0.05) is 18.0 Å². The molecule has 2 aromatic heterocycles.